The Hall–Kier alpha value is -2.38. The molecule has 0 unspecified atom stereocenters. The number of nitrogen functional groups attached to an aromatic ring is 1. The third kappa shape index (κ3) is 2.80. The van der Waals surface area contributed by atoms with Crippen molar-refractivity contribution in [2.24, 2.45) is 0 Å². The SMILES string of the molecule is CCNS(=O)(=O)c1ccc(-c2cccn3nc(N)cc23)c(C)c1. The first-order valence-corrected chi connectivity index (χ1v) is 8.75. The molecule has 3 rings (SSSR count). The Labute approximate surface area is 135 Å². The summed E-state index contributed by atoms with van der Waals surface area (Å²) >= 11 is 0. The van der Waals surface area contributed by atoms with Gasteiger partial charge in [0.15, 0.2) is 0 Å². The van der Waals surface area contributed by atoms with Crippen molar-refractivity contribution in [1.82, 2.24) is 14.3 Å². The Morgan fingerprint density at radius 2 is 2.00 bits per heavy atom. The second-order valence-corrected chi connectivity index (χ2v) is 7.07. The number of nitrogens with two attached hydrogens (primary N) is 1. The normalized spacial score (nSPS) is 11.9. The van der Waals surface area contributed by atoms with Crippen molar-refractivity contribution < 1.29 is 8.42 Å². The quantitative estimate of drug-likeness (QED) is 0.767. The molecule has 0 radical (unpaired) electrons. The van der Waals surface area contributed by atoms with Crippen LogP contribution in [0.5, 0.6) is 0 Å². The highest BCUT2D eigenvalue weighted by Crippen LogP contribution is 2.29. The largest absolute Gasteiger partial charge is 0.382 e. The van der Waals surface area contributed by atoms with Crippen LogP contribution in [0.3, 0.4) is 0 Å². The Morgan fingerprint density at radius 1 is 1.22 bits per heavy atom. The Morgan fingerprint density at radius 3 is 2.70 bits per heavy atom. The van der Waals surface area contributed by atoms with Crippen LogP contribution in [-0.2, 0) is 10.0 Å². The zero-order chi connectivity index (χ0) is 16.6. The van der Waals surface area contributed by atoms with Gasteiger partial charge in [-0.2, -0.15) is 5.10 Å². The monoisotopic (exact) mass is 330 g/mol. The van der Waals surface area contributed by atoms with Gasteiger partial charge < -0.3 is 5.73 Å². The molecule has 0 saturated carbocycles. The summed E-state index contributed by atoms with van der Waals surface area (Å²) in [5, 5.41) is 4.20. The van der Waals surface area contributed by atoms with Crippen LogP contribution in [0.25, 0.3) is 16.6 Å². The van der Waals surface area contributed by atoms with Crippen molar-refractivity contribution >= 4 is 21.4 Å². The van der Waals surface area contributed by atoms with Gasteiger partial charge in [-0.3, -0.25) is 0 Å². The molecule has 0 aliphatic carbocycles. The van der Waals surface area contributed by atoms with E-state index in [2.05, 4.69) is 9.82 Å². The number of sulfonamides is 1. The predicted molar refractivity (Wildman–Crippen MR) is 90.6 cm³/mol. The van der Waals surface area contributed by atoms with Crippen molar-refractivity contribution in [3.8, 4) is 11.1 Å². The first-order valence-electron chi connectivity index (χ1n) is 7.27. The summed E-state index contributed by atoms with van der Waals surface area (Å²) < 4.78 is 28.4. The van der Waals surface area contributed by atoms with E-state index in [-0.39, 0.29) is 4.90 Å². The summed E-state index contributed by atoms with van der Waals surface area (Å²) in [4.78, 5) is 0.264. The van der Waals surface area contributed by atoms with Crippen molar-refractivity contribution in [1.29, 1.82) is 0 Å². The molecule has 0 aliphatic rings. The predicted octanol–water partition coefficient (Wildman–Crippen LogP) is 2.19. The number of aromatic nitrogens is 2. The van der Waals surface area contributed by atoms with Gasteiger partial charge in [-0.05, 0) is 36.2 Å². The lowest BCUT2D eigenvalue weighted by atomic mass is 10.0. The van der Waals surface area contributed by atoms with E-state index in [1.807, 2.05) is 31.3 Å². The van der Waals surface area contributed by atoms with Gasteiger partial charge in [-0.15, -0.1) is 0 Å². The van der Waals surface area contributed by atoms with Gasteiger partial charge in [0.2, 0.25) is 10.0 Å². The van der Waals surface area contributed by atoms with Crippen LogP contribution in [0.4, 0.5) is 5.82 Å². The maximum Gasteiger partial charge on any atom is 0.240 e. The maximum atomic E-state index is 12.1. The van der Waals surface area contributed by atoms with Gasteiger partial charge in [0.1, 0.15) is 5.82 Å². The van der Waals surface area contributed by atoms with E-state index in [0.717, 1.165) is 22.2 Å². The third-order valence-electron chi connectivity index (χ3n) is 3.65. The number of nitrogens with one attached hydrogen (secondary N) is 1. The molecule has 6 nitrogen and oxygen atoms in total. The van der Waals surface area contributed by atoms with Crippen molar-refractivity contribution in [3.05, 3.63) is 48.2 Å². The number of pyridine rings is 1. The topological polar surface area (TPSA) is 89.5 Å². The summed E-state index contributed by atoms with van der Waals surface area (Å²) in [6, 6.07) is 10.8. The highest BCUT2D eigenvalue weighted by atomic mass is 32.2. The molecule has 2 aromatic heterocycles. The van der Waals surface area contributed by atoms with Gasteiger partial charge in [0.25, 0.3) is 0 Å². The summed E-state index contributed by atoms with van der Waals surface area (Å²) in [7, 11) is -3.46. The van der Waals surface area contributed by atoms with E-state index >= 15 is 0 Å². The van der Waals surface area contributed by atoms with Crippen LogP contribution in [0.15, 0.2) is 47.5 Å². The second-order valence-electron chi connectivity index (χ2n) is 5.30. The summed E-state index contributed by atoms with van der Waals surface area (Å²) in [5.74, 6) is 0.446. The molecule has 23 heavy (non-hydrogen) atoms. The number of nitrogens with zero attached hydrogens (tertiary/aromatic N) is 2. The number of benzene rings is 1. The van der Waals surface area contributed by atoms with E-state index in [4.69, 9.17) is 5.73 Å². The maximum absolute atomic E-state index is 12.1. The fourth-order valence-corrected chi connectivity index (χ4v) is 3.77. The van der Waals surface area contributed by atoms with Crippen LogP contribution in [-0.4, -0.2) is 24.6 Å². The lowest BCUT2D eigenvalue weighted by Crippen LogP contribution is -2.23. The number of hydrogen-bond acceptors (Lipinski definition) is 4. The number of aryl methyl sites for hydroxylation is 1. The molecule has 0 aliphatic heterocycles. The molecule has 0 fully saturated rings. The molecule has 2 heterocycles. The van der Waals surface area contributed by atoms with E-state index in [1.165, 1.54) is 0 Å². The Bertz CT molecular complexity index is 977. The third-order valence-corrected chi connectivity index (χ3v) is 5.20. The smallest absolute Gasteiger partial charge is 0.240 e. The highest BCUT2D eigenvalue weighted by molar-refractivity contribution is 7.89. The number of fused-ring (bicyclic) bond motifs is 1. The first-order chi connectivity index (χ1) is 10.9. The molecular weight excluding hydrogens is 312 g/mol. The summed E-state index contributed by atoms with van der Waals surface area (Å²) in [6.45, 7) is 4.00. The molecule has 120 valence electrons. The van der Waals surface area contributed by atoms with Gasteiger partial charge in [-0.25, -0.2) is 17.7 Å². The van der Waals surface area contributed by atoms with Crippen LogP contribution in [0.1, 0.15) is 12.5 Å². The fourth-order valence-electron chi connectivity index (χ4n) is 2.64. The highest BCUT2D eigenvalue weighted by Gasteiger charge is 2.15. The molecule has 0 amide bonds. The standard InChI is InChI=1S/C16H18N4O2S/c1-3-18-23(21,22)12-6-7-13(11(2)9-12)14-5-4-8-20-15(14)10-16(17)19-20/h4-10,18H,3H2,1-2H3,(H2,17,19). The molecule has 3 aromatic rings. The Kier molecular flexibility index (Phi) is 3.83. The molecule has 0 spiro atoms. The Balaban J connectivity index is 2.14. The zero-order valence-electron chi connectivity index (χ0n) is 12.9. The molecule has 3 N–H and O–H groups in total. The number of hydrogen-bond donors (Lipinski definition) is 2. The molecule has 0 atom stereocenters. The van der Waals surface area contributed by atoms with Crippen LogP contribution in [0.2, 0.25) is 0 Å². The lowest BCUT2D eigenvalue weighted by Gasteiger charge is -2.11. The fraction of sp³-hybridized carbons (Fsp3) is 0.188. The van der Waals surface area contributed by atoms with Gasteiger partial charge in [0.05, 0.1) is 10.4 Å². The van der Waals surface area contributed by atoms with Crippen molar-refractivity contribution in [3.63, 3.8) is 0 Å². The summed E-state index contributed by atoms with van der Waals surface area (Å²) in [6.07, 6.45) is 1.83. The van der Waals surface area contributed by atoms with Crippen LogP contribution >= 0.6 is 0 Å². The minimum atomic E-state index is -3.46. The minimum absolute atomic E-state index is 0.264. The average Bonchev–Trinajstić information content (AvgIpc) is 2.87. The van der Waals surface area contributed by atoms with Crippen LogP contribution < -0.4 is 10.5 Å². The lowest BCUT2D eigenvalue weighted by molar-refractivity contribution is 0.584. The number of rotatable bonds is 4. The molecular formula is C16H18N4O2S. The van der Waals surface area contributed by atoms with Crippen molar-refractivity contribution in [2.45, 2.75) is 18.7 Å². The van der Waals surface area contributed by atoms with Gasteiger partial charge in [0, 0.05) is 24.4 Å². The van der Waals surface area contributed by atoms with E-state index in [0.29, 0.717) is 12.4 Å². The summed E-state index contributed by atoms with van der Waals surface area (Å²) in [5.41, 5.74) is 9.44. The van der Waals surface area contributed by atoms with E-state index in [1.54, 1.807) is 29.6 Å². The molecule has 7 heteroatoms. The van der Waals surface area contributed by atoms with Crippen molar-refractivity contribution in [2.75, 3.05) is 12.3 Å². The molecule has 1 aromatic carbocycles. The molecule has 0 saturated heterocycles. The minimum Gasteiger partial charge on any atom is -0.382 e. The van der Waals surface area contributed by atoms with E-state index in [9.17, 15) is 8.42 Å². The second kappa shape index (κ2) is 5.68. The molecule has 0 bridgehead atoms. The zero-order valence-corrected chi connectivity index (χ0v) is 13.8. The van der Waals surface area contributed by atoms with E-state index < -0.39 is 10.0 Å². The van der Waals surface area contributed by atoms with Gasteiger partial charge >= 0.3 is 0 Å². The van der Waals surface area contributed by atoms with Gasteiger partial charge in [-0.1, -0.05) is 19.1 Å². The van der Waals surface area contributed by atoms with Crippen LogP contribution in [0, 0.1) is 6.92 Å². The number of anilines is 1. The first kappa shape index (κ1) is 15.5. The average molecular weight is 330 g/mol.